The minimum Gasteiger partial charge on any atom is -0.355 e. The van der Waals surface area contributed by atoms with Gasteiger partial charge in [-0.1, -0.05) is 23.0 Å². The van der Waals surface area contributed by atoms with Gasteiger partial charge in [0, 0.05) is 17.5 Å². The Labute approximate surface area is 176 Å². The van der Waals surface area contributed by atoms with E-state index in [0.29, 0.717) is 5.75 Å². The summed E-state index contributed by atoms with van der Waals surface area (Å²) in [6, 6.07) is 12.3. The summed E-state index contributed by atoms with van der Waals surface area (Å²) in [7, 11) is 3.98. The van der Waals surface area contributed by atoms with Gasteiger partial charge in [-0.2, -0.15) is 0 Å². The fourth-order valence-electron chi connectivity index (χ4n) is 2.76. The third kappa shape index (κ3) is 4.26. The van der Waals surface area contributed by atoms with Crippen molar-refractivity contribution in [3.63, 3.8) is 0 Å². The lowest BCUT2D eigenvalue weighted by Gasteiger charge is -2.20. The van der Waals surface area contributed by atoms with Crippen molar-refractivity contribution in [1.29, 1.82) is 0 Å². The number of aromatic nitrogens is 4. The Morgan fingerprint density at radius 1 is 1.21 bits per heavy atom. The molecule has 6 nitrogen and oxygen atoms in total. The quantitative estimate of drug-likeness (QED) is 0.384. The molecule has 0 bridgehead atoms. The van der Waals surface area contributed by atoms with Crippen LogP contribution in [0.15, 0.2) is 57.5 Å². The van der Waals surface area contributed by atoms with Crippen molar-refractivity contribution in [3.8, 4) is 16.3 Å². The number of hydrogen-bond acceptors (Lipinski definition) is 7. The van der Waals surface area contributed by atoms with E-state index in [1.807, 2.05) is 42.2 Å². The lowest BCUT2D eigenvalue weighted by atomic mass is 10.2. The van der Waals surface area contributed by atoms with Gasteiger partial charge in [0.25, 0.3) is 0 Å². The van der Waals surface area contributed by atoms with Crippen LogP contribution in [-0.4, -0.2) is 38.9 Å². The Balaban J connectivity index is 1.61. The molecule has 3 heterocycles. The van der Waals surface area contributed by atoms with Crippen molar-refractivity contribution in [2.75, 3.05) is 14.1 Å². The van der Waals surface area contributed by atoms with Gasteiger partial charge >= 0.3 is 0 Å². The third-order valence-corrected chi connectivity index (χ3v) is 6.41. The first-order valence-corrected chi connectivity index (χ1v) is 10.9. The zero-order valence-corrected chi connectivity index (χ0v) is 17.9. The fourth-order valence-corrected chi connectivity index (χ4v) is 4.28. The predicted octanol–water partition coefficient (Wildman–Crippen LogP) is 5.04. The van der Waals surface area contributed by atoms with E-state index in [0.717, 1.165) is 33.0 Å². The Hall–Kier alpha value is -2.49. The van der Waals surface area contributed by atoms with Crippen LogP contribution in [0.1, 0.15) is 24.5 Å². The maximum Gasteiger partial charge on any atom is 0.196 e. The van der Waals surface area contributed by atoms with E-state index < -0.39 is 0 Å². The van der Waals surface area contributed by atoms with Crippen LogP contribution >= 0.6 is 23.1 Å². The second-order valence-electron chi connectivity index (χ2n) is 6.74. The lowest BCUT2D eigenvalue weighted by molar-refractivity contribution is 0.305. The molecule has 3 aromatic heterocycles. The zero-order valence-electron chi connectivity index (χ0n) is 16.2. The van der Waals surface area contributed by atoms with Crippen molar-refractivity contribution in [2.45, 2.75) is 23.9 Å². The van der Waals surface area contributed by atoms with Crippen LogP contribution in [0.3, 0.4) is 0 Å². The lowest BCUT2D eigenvalue weighted by Crippen LogP contribution is -2.20. The first-order valence-electron chi connectivity index (χ1n) is 9.03. The van der Waals surface area contributed by atoms with Gasteiger partial charge in [0.2, 0.25) is 0 Å². The normalized spacial score (nSPS) is 12.6. The van der Waals surface area contributed by atoms with E-state index in [4.69, 9.17) is 4.52 Å². The maximum absolute atomic E-state index is 13.4. The molecule has 0 aliphatic rings. The Morgan fingerprint density at radius 2 is 2.00 bits per heavy atom. The number of benzene rings is 1. The molecule has 1 atom stereocenters. The summed E-state index contributed by atoms with van der Waals surface area (Å²) in [6.45, 7) is 2.06. The summed E-state index contributed by atoms with van der Waals surface area (Å²) in [5.41, 5.74) is 1.65. The molecular weight excluding hydrogens is 409 g/mol. The van der Waals surface area contributed by atoms with Crippen LogP contribution in [0.4, 0.5) is 4.39 Å². The van der Waals surface area contributed by atoms with E-state index in [-0.39, 0.29) is 11.9 Å². The number of thioether (sulfide) groups is 1. The molecular formula is C20H20FN5OS2. The monoisotopic (exact) mass is 429 g/mol. The summed E-state index contributed by atoms with van der Waals surface area (Å²) in [6.07, 6.45) is 0. The fraction of sp³-hybridized carbons (Fsp3) is 0.250. The number of hydrogen-bond donors (Lipinski definition) is 0. The Bertz CT molecular complexity index is 1070. The topological polar surface area (TPSA) is 60.0 Å². The van der Waals surface area contributed by atoms with Gasteiger partial charge in [-0.3, -0.25) is 9.47 Å². The van der Waals surface area contributed by atoms with Gasteiger partial charge in [0.15, 0.2) is 16.7 Å². The molecule has 9 heteroatoms. The summed E-state index contributed by atoms with van der Waals surface area (Å²) in [4.78, 5) is 3.11. The SMILES string of the molecule is C[C@@H](c1nnc(SCc2cc(-c3cccs3)on2)n1-c1ccc(F)cc1)N(C)C. The van der Waals surface area contributed by atoms with Gasteiger partial charge in [-0.15, -0.1) is 21.5 Å². The molecule has 0 aliphatic heterocycles. The van der Waals surface area contributed by atoms with Crippen LogP contribution < -0.4 is 0 Å². The van der Waals surface area contributed by atoms with Crippen LogP contribution in [0.25, 0.3) is 16.3 Å². The number of rotatable bonds is 7. The molecule has 0 N–H and O–H groups in total. The molecule has 0 saturated heterocycles. The first-order chi connectivity index (χ1) is 14.0. The molecule has 29 heavy (non-hydrogen) atoms. The van der Waals surface area contributed by atoms with Crippen molar-refractivity contribution in [1.82, 2.24) is 24.8 Å². The van der Waals surface area contributed by atoms with E-state index in [1.54, 1.807) is 23.5 Å². The summed E-state index contributed by atoms with van der Waals surface area (Å²) in [5, 5.41) is 15.7. The van der Waals surface area contributed by atoms with E-state index >= 15 is 0 Å². The van der Waals surface area contributed by atoms with Crippen molar-refractivity contribution in [2.24, 2.45) is 0 Å². The van der Waals surface area contributed by atoms with Crippen LogP contribution in [0.5, 0.6) is 0 Å². The molecule has 1 aromatic carbocycles. The Kier molecular flexibility index (Phi) is 5.79. The predicted molar refractivity (Wildman–Crippen MR) is 113 cm³/mol. The van der Waals surface area contributed by atoms with E-state index in [9.17, 15) is 4.39 Å². The van der Waals surface area contributed by atoms with Gasteiger partial charge in [0.1, 0.15) is 5.82 Å². The van der Waals surface area contributed by atoms with Crippen molar-refractivity contribution in [3.05, 3.63) is 65.2 Å². The summed E-state index contributed by atoms with van der Waals surface area (Å²) < 4.78 is 20.9. The second kappa shape index (κ2) is 8.48. The molecule has 0 spiro atoms. The molecule has 0 saturated carbocycles. The molecule has 0 aliphatic carbocycles. The van der Waals surface area contributed by atoms with Gasteiger partial charge in [0.05, 0.1) is 16.6 Å². The highest BCUT2D eigenvalue weighted by Crippen LogP contribution is 2.30. The Morgan fingerprint density at radius 3 is 2.69 bits per heavy atom. The smallest absolute Gasteiger partial charge is 0.196 e. The van der Waals surface area contributed by atoms with Crippen molar-refractivity contribution >= 4 is 23.1 Å². The molecule has 0 fully saturated rings. The average molecular weight is 430 g/mol. The number of halogens is 1. The standard InChI is InChI=1S/C20H20FN5OS2/c1-13(25(2)3)19-22-23-20(26(19)16-8-6-14(21)7-9-16)29-12-15-11-17(27-24-15)18-5-4-10-28-18/h4-11,13H,12H2,1-3H3/t13-/m0/s1. The molecule has 4 rings (SSSR count). The minimum atomic E-state index is -0.276. The zero-order chi connectivity index (χ0) is 20.4. The van der Waals surface area contributed by atoms with Gasteiger partial charge in [-0.25, -0.2) is 4.39 Å². The average Bonchev–Trinajstić information content (AvgIpc) is 3.46. The molecule has 0 amide bonds. The van der Waals surface area contributed by atoms with Crippen LogP contribution in [-0.2, 0) is 5.75 Å². The summed E-state index contributed by atoms with van der Waals surface area (Å²) in [5.74, 6) is 1.87. The second-order valence-corrected chi connectivity index (χ2v) is 8.63. The number of thiophene rings is 1. The molecule has 0 radical (unpaired) electrons. The van der Waals surface area contributed by atoms with E-state index in [2.05, 4.69) is 27.2 Å². The summed E-state index contributed by atoms with van der Waals surface area (Å²) >= 11 is 3.13. The highest BCUT2D eigenvalue weighted by molar-refractivity contribution is 7.98. The maximum atomic E-state index is 13.4. The van der Waals surface area contributed by atoms with Crippen molar-refractivity contribution < 1.29 is 8.91 Å². The van der Waals surface area contributed by atoms with Gasteiger partial charge in [-0.05, 0) is 56.7 Å². The van der Waals surface area contributed by atoms with Crippen LogP contribution in [0, 0.1) is 5.82 Å². The molecule has 4 aromatic rings. The largest absolute Gasteiger partial charge is 0.355 e. The third-order valence-electron chi connectivity index (χ3n) is 4.56. The molecule has 150 valence electrons. The van der Waals surface area contributed by atoms with E-state index in [1.165, 1.54) is 23.9 Å². The minimum absolute atomic E-state index is 0.0411. The molecule has 0 unspecified atom stereocenters. The first kappa shape index (κ1) is 19.8. The van der Waals surface area contributed by atoms with Gasteiger partial charge < -0.3 is 4.52 Å². The highest BCUT2D eigenvalue weighted by Gasteiger charge is 2.21. The highest BCUT2D eigenvalue weighted by atomic mass is 32.2. The number of nitrogens with zero attached hydrogens (tertiary/aromatic N) is 5. The van der Waals surface area contributed by atoms with Crippen LogP contribution in [0.2, 0.25) is 0 Å².